The minimum Gasteiger partial charge on any atom is -0.341 e. The molecule has 0 spiro atoms. The van der Waals surface area contributed by atoms with Gasteiger partial charge in [-0.15, -0.1) is 0 Å². The fourth-order valence-corrected chi connectivity index (χ4v) is 3.37. The molecule has 1 N–H and O–H groups in total. The predicted molar refractivity (Wildman–Crippen MR) is 68.7 cm³/mol. The van der Waals surface area contributed by atoms with Crippen LogP contribution in [0.4, 0.5) is 0 Å². The molecule has 0 bridgehead atoms. The number of carbonyl (C=O) groups is 1. The maximum Gasteiger partial charge on any atom is 0.222 e. The van der Waals surface area contributed by atoms with E-state index in [1.165, 1.54) is 12.8 Å². The Labute approximate surface area is 102 Å². The molecule has 2 rings (SSSR count). The molecule has 0 aromatic heterocycles. The van der Waals surface area contributed by atoms with Gasteiger partial charge in [0.2, 0.25) is 5.91 Å². The van der Waals surface area contributed by atoms with Gasteiger partial charge in [0.15, 0.2) is 0 Å². The molecule has 0 aliphatic carbocycles. The smallest absolute Gasteiger partial charge is 0.222 e. The Kier molecular flexibility index (Phi) is 4.97. The van der Waals surface area contributed by atoms with Gasteiger partial charge in [-0.3, -0.25) is 4.79 Å². The second-order valence-electron chi connectivity index (χ2n) is 4.74. The molecule has 2 aliphatic rings. The first-order valence-corrected chi connectivity index (χ1v) is 7.58. The number of piperidine rings is 1. The third-order valence-electron chi connectivity index (χ3n) is 3.53. The van der Waals surface area contributed by atoms with E-state index in [1.807, 2.05) is 16.7 Å². The highest BCUT2D eigenvalue weighted by Gasteiger charge is 2.19. The lowest BCUT2D eigenvalue weighted by Crippen LogP contribution is -2.38. The normalized spacial score (nSPS) is 26.8. The minimum absolute atomic E-state index is 0.380. The molecule has 1 atom stereocenters. The summed E-state index contributed by atoms with van der Waals surface area (Å²) in [6.45, 7) is 4.20. The third-order valence-corrected chi connectivity index (χ3v) is 4.47. The van der Waals surface area contributed by atoms with Crippen molar-refractivity contribution in [3.05, 3.63) is 0 Å². The van der Waals surface area contributed by atoms with E-state index in [4.69, 9.17) is 0 Å². The summed E-state index contributed by atoms with van der Waals surface area (Å²) in [5.41, 5.74) is 0. The van der Waals surface area contributed by atoms with Gasteiger partial charge in [0, 0.05) is 31.0 Å². The molecular weight excluding hydrogens is 220 g/mol. The van der Waals surface area contributed by atoms with Crippen LogP contribution in [-0.2, 0) is 4.79 Å². The van der Waals surface area contributed by atoms with Crippen LogP contribution in [0.15, 0.2) is 0 Å². The fraction of sp³-hybridized carbons (Fsp3) is 0.917. The lowest BCUT2D eigenvalue weighted by molar-refractivity contribution is -0.131. The van der Waals surface area contributed by atoms with Crippen molar-refractivity contribution in [2.24, 2.45) is 5.92 Å². The fourth-order valence-electron chi connectivity index (χ4n) is 2.47. The molecule has 92 valence electrons. The Bertz CT molecular complexity index is 223. The van der Waals surface area contributed by atoms with Crippen LogP contribution in [0.5, 0.6) is 0 Å². The molecule has 1 unspecified atom stereocenters. The molecule has 0 radical (unpaired) electrons. The van der Waals surface area contributed by atoms with E-state index in [-0.39, 0.29) is 0 Å². The quantitative estimate of drug-likeness (QED) is 0.810. The van der Waals surface area contributed by atoms with Gasteiger partial charge in [-0.25, -0.2) is 0 Å². The van der Waals surface area contributed by atoms with Crippen molar-refractivity contribution in [1.29, 1.82) is 0 Å². The van der Waals surface area contributed by atoms with Crippen LogP contribution in [-0.4, -0.2) is 48.5 Å². The van der Waals surface area contributed by atoms with Crippen LogP contribution in [0.1, 0.15) is 25.7 Å². The third kappa shape index (κ3) is 3.67. The number of hydrogen-bond acceptors (Lipinski definition) is 3. The van der Waals surface area contributed by atoms with Crippen molar-refractivity contribution in [3.63, 3.8) is 0 Å². The van der Waals surface area contributed by atoms with E-state index in [0.29, 0.717) is 5.91 Å². The molecule has 2 aliphatic heterocycles. The van der Waals surface area contributed by atoms with Crippen molar-refractivity contribution >= 4 is 17.7 Å². The molecule has 0 aromatic rings. The second kappa shape index (κ2) is 6.50. The monoisotopic (exact) mass is 242 g/mol. The Balaban J connectivity index is 1.65. The molecule has 3 nitrogen and oxygen atoms in total. The average Bonchev–Trinajstić information content (AvgIpc) is 2.38. The Hall–Kier alpha value is -0.220. The van der Waals surface area contributed by atoms with Crippen molar-refractivity contribution in [1.82, 2.24) is 10.2 Å². The Morgan fingerprint density at radius 2 is 2.19 bits per heavy atom. The summed E-state index contributed by atoms with van der Waals surface area (Å²) < 4.78 is 0. The topological polar surface area (TPSA) is 32.3 Å². The molecule has 4 heteroatoms. The molecule has 2 fully saturated rings. The Morgan fingerprint density at radius 1 is 1.38 bits per heavy atom. The number of nitrogens with one attached hydrogen (secondary N) is 1. The van der Waals surface area contributed by atoms with Crippen LogP contribution in [0.25, 0.3) is 0 Å². The summed E-state index contributed by atoms with van der Waals surface area (Å²) in [5.74, 6) is 3.36. The van der Waals surface area contributed by atoms with E-state index < -0.39 is 0 Å². The van der Waals surface area contributed by atoms with Gasteiger partial charge in [0.05, 0.1) is 0 Å². The first-order valence-electron chi connectivity index (χ1n) is 6.42. The zero-order valence-electron chi connectivity index (χ0n) is 9.91. The average molecular weight is 242 g/mol. The molecular formula is C12H22N2OS. The number of thioether (sulfide) groups is 1. The van der Waals surface area contributed by atoms with Crippen LogP contribution < -0.4 is 5.32 Å². The summed E-state index contributed by atoms with van der Waals surface area (Å²) in [6.07, 6.45) is 4.42. The summed E-state index contributed by atoms with van der Waals surface area (Å²) in [6, 6.07) is 0. The van der Waals surface area contributed by atoms with Crippen molar-refractivity contribution in [2.45, 2.75) is 25.7 Å². The predicted octanol–water partition coefficient (Wildman–Crippen LogP) is 1.34. The number of rotatable bonds is 3. The summed E-state index contributed by atoms with van der Waals surface area (Å²) in [4.78, 5) is 14.0. The highest BCUT2D eigenvalue weighted by atomic mass is 32.2. The van der Waals surface area contributed by atoms with Gasteiger partial charge in [0.25, 0.3) is 0 Å². The highest BCUT2D eigenvalue weighted by molar-refractivity contribution is 7.99. The highest BCUT2D eigenvalue weighted by Crippen LogP contribution is 2.17. The van der Waals surface area contributed by atoms with Crippen molar-refractivity contribution in [3.8, 4) is 0 Å². The lowest BCUT2D eigenvalue weighted by Gasteiger charge is -2.28. The van der Waals surface area contributed by atoms with Crippen molar-refractivity contribution < 1.29 is 4.79 Å². The van der Waals surface area contributed by atoms with E-state index in [2.05, 4.69) is 5.32 Å². The number of amides is 1. The molecule has 0 saturated carbocycles. The molecule has 2 saturated heterocycles. The summed E-state index contributed by atoms with van der Waals surface area (Å²) in [7, 11) is 0. The van der Waals surface area contributed by atoms with Crippen molar-refractivity contribution in [2.75, 3.05) is 37.7 Å². The summed E-state index contributed by atoms with van der Waals surface area (Å²) >= 11 is 1.96. The molecule has 0 aromatic carbocycles. The summed E-state index contributed by atoms with van der Waals surface area (Å²) in [5, 5.41) is 3.41. The number of hydrogen-bond donors (Lipinski definition) is 1. The maximum absolute atomic E-state index is 11.9. The van der Waals surface area contributed by atoms with Crippen LogP contribution in [0, 0.1) is 5.92 Å². The van der Waals surface area contributed by atoms with Gasteiger partial charge in [-0.1, -0.05) is 0 Å². The number of carbonyl (C=O) groups excluding carboxylic acids is 1. The molecule has 1 amide bonds. The maximum atomic E-state index is 11.9. The molecule has 2 heterocycles. The zero-order chi connectivity index (χ0) is 11.2. The van der Waals surface area contributed by atoms with Crippen LogP contribution >= 0.6 is 11.8 Å². The van der Waals surface area contributed by atoms with Crippen LogP contribution in [0.2, 0.25) is 0 Å². The molecule has 16 heavy (non-hydrogen) atoms. The largest absolute Gasteiger partial charge is 0.341 e. The SMILES string of the molecule is O=C(CCC1CCCNC1)N1CCSCC1. The van der Waals surface area contributed by atoms with Crippen LogP contribution in [0.3, 0.4) is 0 Å². The number of nitrogens with zero attached hydrogens (tertiary/aromatic N) is 1. The standard InChI is InChI=1S/C12H22N2OS/c15-12(14-6-8-16-9-7-14)4-3-11-2-1-5-13-10-11/h11,13H,1-10H2. The first-order chi connectivity index (χ1) is 7.86. The van der Waals surface area contributed by atoms with Gasteiger partial charge in [-0.2, -0.15) is 11.8 Å². The van der Waals surface area contributed by atoms with E-state index in [0.717, 1.165) is 56.4 Å². The van der Waals surface area contributed by atoms with E-state index >= 15 is 0 Å². The van der Waals surface area contributed by atoms with Gasteiger partial charge in [0.1, 0.15) is 0 Å². The van der Waals surface area contributed by atoms with Gasteiger partial charge < -0.3 is 10.2 Å². The van der Waals surface area contributed by atoms with E-state index in [9.17, 15) is 4.79 Å². The van der Waals surface area contributed by atoms with Gasteiger partial charge >= 0.3 is 0 Å². The van der Waals surface area contributed by atoms with Gasteiger partial charge in [-0.05, 0) is 38.3 Å². The second-order valence-corrected chi connectivity index (χ2v) is 5.97. The van der Waals surface area contributed by atoms with E-state index in [1.54, 1.807) is 0 Å². The minimum atomic E-state index is 0.380. The zero-order valence-corrected chi connectivity index (χ0v) is 10.7. The Morgan fingerprint density at radius 3 is 2.88 bits per heavy atom. The first kappa shape index (κ1) is 12.2. The lowest BCUT2D eigenvalue weighted by atomic mass is 9.94.